The molecule has 0 radical (unpaired) electrons. The van der Waals surface area contributed by atoms with Crippen LogP contribution in [0.2, 0.25) is 0 Å². The molecule has 0 bridgehead atoms. The summed E-state index contributed by atoms with van der Waals surface area (Å²) in [4.78, 5) is 23.4. The molecule has 2 N–H and O–H groups in total. The van der Waals surface area contributed by atoms with Gasteiger partial charge in [-0.25, -0.2) is 0 Å². The van der Waals surface area contributed by atoms with Crippen molar-refractivity contribution in [2.24, 2.45) is 0 Å². The Morgan fingerprint density at radius 3 is 2.36 bits per heavy atom. The van der Waals surface area contributed by atoms with Gasteiger partial charge in [-0.3, -0.25) is 9.59 Å². The summed E-state index contributed by atoms with van der Waals surface area (Å²) in [5.74, 6) is -0.400. The number of nitrogens with one attached hydrogen (secondary N) is 1. The van der Waals surface area contributed by atoms with E-state index in [-0.39, 0.29) is 19.6 Å². The summed E-state index contributed by atoms with van der Waals surface area (Å²) in [5, 5.41) is 11.9. The van der Waals surface area contributed by atoms with E-state index in [0.717, 1.165) is 5.56 Å². The van der Waals surface area contributed by atoms with Crippen molar-refractivity contribution in [3.05, 3.63) is 60.2 Å². The van der Waals surface area contributed by atoms with Crippen LogP contribution in [0.1, 0.15) is 18.4 Å². The van der Waals surface area contributed by atoms with Gasteiger partial charge in [-0.1, -0.05) is 42.5 Å². The number of rotatable bonds is 9. The zero-order valence-corrected chi connectivity index (χ0v) is 15.4. The normalized spacial score (nSPS) is 18.4. The second-order valence-electron chi connectivity index (χ2n) is 6.71. The monoisotopic (exact) mass is 385 g/mol. The number of para-hydroxylation sites is 2. The first-order chi connectivity index (χ1) is 13.6. The van der Waals surface area contributed by atoms with Crippen LogP contribution in [0.4, 0.5) is 0 Å². The molecule has 2 aromatic carbocycles. The predicted molar refractivity (Wildman–Crippen MR) is 101 cm³/mol. The number of carboxylic acids is 1. The van der Waals surface area contributed by atoms with E-state index in [0.29, 0.717) is 31.1 Å². The van der Waals surface area contributed by atoms with Crippen LogP contribution in [0.3, 0.4) is 0 Å². The van der Waals surface area contributed by atoms with E-state index in [1.54, 1.807) is 18.2 Å². The summed E-state index contributed by atoms with van der Waals surface area (Å²) in [7, 11) is 0. The minimum atomic E-state index is -0.980. The highest BCUT2D eigenvalue weighted by molar-refractivity contribution is 5.80. The van der Waals surface area contributed by atoms with Crippen molar-refractivity contribution >= 4 is 11.9 Å². The minimum Gasteiger partial charge on any atom is -0.485 e. The number of hydrogen-bond donors (Lipinski definition) is 2. The number of carbonyl (C=O) groups excluding carboxylic acids is 1. The largest absolute Gasteiger partial charge is 0.485 e. The fraction of sp³-hybridized carbons (Fsp3) is 0.333. The average molecular weight is 385 g/mol. The summed E-state index contributed by atoms with van der Waals surface area (Å²) in [6.07, 6.45) is 0.275. The molecule has 1 atom stereocenters. The first-order valence-corrected chi connectivity index (χ1v) is 9.05. The van der Waals surface area contributed by atoms with Crippen molar-refractivity contribution in [2.45, 2.75) is 25.0 Å². The molecule has 1 heterocycles. The van der Waals surface area contributed by atoms with Gasteiger partial charge in [0.25, 0.3) is 5.91 Å². The summed E-state index contributed by atoms with van der Waals surface area (Å²) in [5.41, 5.74) is 0.141. The second-order valence-corrected chi connectivity index (χ2v) is 6.71. The molecule has 1 aliphatic rings. The molecular weight excluding hydrogens is 362 g/mol. The summed E-state index contributed by atoms with van der Waals surface area (Å²) in [6.45, 7) is 0.742. The standard InChI is InChI=1S/C21H23NO6/c23-19(22-21(12-20(24)25)10-11-26-15-21)14-28-18-9-5-4-8-17(18)27-13-16-6-2-1-3-7-16/h1-9H,10-15H2,(H,22,23)(H,24,25). The van der Waals surface area contributed by atoms with Crippen molar-refractivity contribution in [3.8, 4) is 11.5 Å². The molecule has 0 spiro atoms. The van der Waals surface area contributed by atoms with Crippen LogP contribution in [0.5, 0.6) is 11.5 Å². The van der Waals surface area contributed by atoms with Crippen LogP contribution >= 0.6 is 0 Å². The number of ether oxygens (including phenoxy) is 3. The van der Waals surface area contributed by atoms with Gasteiger partial charge in [0.2, 0.25) is 0 Å². The third kappa shape index (κ3) is 5.47. The van der Waals surface area contributed by atoms with E-state index in [9.17, 15) is 9.59 Å². The van der Waals surface area contributed by atoms with Gasteiger partial charge in [-0.15, -0.1) is 0 Å². The molecule has 0 saturated carbocycles. The van der Waals surface area contributed by atoms with Crippen molar-refractivity contribution in [2.75, 3.05) is 19.8 Å². The molecule has 2 aromatic rings. The first kappa shape index (κ1) is 19.7. The molecule has 7 heteroatoms. The third-order valence-electron chi connectivity index (χ3n) is 4.44. The lowest BCUT2D eigenvalue weighted by atomic mass is 9.94. The maximum absolute atomic E-state index is 12.3. The molecule has 1 amide bonds. The first-order valence-electron chi connectivity index (χ1n) is 9.05. The number of carbonyl (C=O) groups is 2. The van der Waals surface area contributed by atoms with Gasteiger partial charge < -0.3 is 24.6 Å². The maximum atomic E-state index is 12.3. The summed E-state index contributed by atoms with van der Waals surface area (Å²) < 4.78 is 16.7. The highest BCUT2D eigenvalue weighted by Gasteiger charge is 2.38. The molecule has 1 fully saturated rings. The van der Waals surface area contributed by atoms with Gasteiger partial charge in [0, 0.05) is 6.61 Å². The Labute approximate surface area is 163 Å². The van der Waals surface area contributed by atoms with Crippen molar-refractivity contribution < 1.29 is 28.9 Å². The predicted octanol–water partition coefficient (Wildman–Crippen LogP) is 2.39. The SMILES string of the molecule is O=C(O)CC1(NC(=O)COc2ccccc2OCc2ccccc2)CCOC1. The number of carboxylic acid groups (broad SMARTS) is 1. The molecule has 1 saturated heterocycles. The van der Waals surface area contributed by atoms with Crippen molar-refractivity contribution in [3.63, 3.8) is 0 Å². The van der Waals surface area contributed by atoms with Crippen LogP contribution in [-0.4, -0.2) is 42.3 Å². The number of hydrogen-bond acceptors (Lipinski definition) is 5. The number of amides is 1. The zero-order chi connectivity index (χ0) is 19.8. The fourth-order valence-electron chi connectivity index (χ4n) is 3.08. The quantitative estimate of drug-likeness (QED) is 0.688. The van der Waals surface area contributed by atoms with Gasteiger partial charge in [0.1, 0.15) is 6.61 Å². The Balaban J connectivity index is 1.56. The van der Waals surface area contributed by atoms with Gasteiger partial charge in [-0.05, 0) is 24.1 Å². The van der Waals surface area contributed by atoms with Crippen LogP contribution in [0.25, 0.3) is 0 Å². The van der Waals surface area contributed by atoms with E-state index >= 15 is 0 Å². The molecule has 148 valence electrons. The molecule has 3 rings (SSSR count). The molecule has 28 heavy (non-hydrogen) atoms. The second kappa shape index (κ2) is 9.23. The smallest absolute Gasteiger partial charge is 0.305 e. The zero-order valence-electron chi connectivity index (χ0n) is 15.4. The Kier molecular flexibility index (Phi) is 6.49. The Morgan fingerprint density at radius 1 is 1.04 bits per heavy atom. The molecular formula is C21H23NO6. The van der Waals surface area contributed by atoms with E-state index in [1.807, 2.05) is 36.4 Å². The van der Waals surface area contributed by atoms with E-state index in [1.165, 1.54) is 0 Å². The Hall–Kier alpha value is -3.06. The molecule has 1 unspecified atom stereocenters. The van der Waals surface area contributed by atoms with E-state index < -0.39 is 17.4 Å². The van der Waals surface area contributed by atoms with Crippen LogP contribution in [0.15, 0.2) is 54.6 Å². The van der Waals surface area contributed by atoms with Gasteiger partial charge >= 0.3 is 5.97 Å². The van der Waals surface area contributed by atoms with Gasteiger partial charge in [-0.2, -0.15) is 0 Å². The average Bonchev–Trinajstić information content (AvgIpc) is 3.13. The van der Waals surface area contributed by atoms with Gasteiger partial charge in [0.05, 0.1) is 18.6 Å². The highest BCUT2D eigenvalue weighted by atomic mass is 16.5. The third-order valence-corrected chi connectivity index (χ3v) is 4.44. The lowest BCUT2D eigenvalue weighted by Gasteiger charge is -2.27. The summed E-state index contributed by atoms with van der Waals surface area (Å²) in [6, 6.07) is 16.8. The topological polar surface area (TPSA) is 94.1 Å². The molecule has 1 aliphatic heterocycles. The maximum Gasteiger partial charge on any atom is 0.305 e. The van der Waals surface area contributed by atoms with Crippen molar-refractivity contribution in [1.82, 2.24) is 5.32 Å². The number of benzene rings is 2. The molecule has 7 nitrogen and oxygen atoms in total. The van der Waals surface area contributed by atoms with Crippen LogP contribution < -0.4 is 14.8 Å². The Bertz CT molecular complexity index is 802. The van der Waals surface area contributed by atoms with Crippen molar-refractivity contribution in [1.29, 1.82) is 0 Å². The van der Waals surface area contributed by atoms with Crippen LogP contribution in [0, 0.1) is 0 Å². The van der Waals surface area contributed by atoms with E-state index in [2.05, 4.69) is 5.32 Å². The van der Waals surface area contributed by atoms with E-state index in [4.69, 9.17) is 19.3 Å². The number of aliphatic carboxylic acids is 1. The van der Waals surface area contributed by atoms with Gasteiger partial charge in [0.15, 0.2) is 18.1 Å². The Morgan fingerprint density at radius 2 is 1.71 bits per heavy atom. The molecule has 0 aromatic heterocycles. The summed E-state index contributed by atoms with van der Waals surface area (Å²) >= 11 is 0. The highest BCUT2D eigenvalue weighted by Crippen LogP contribution is 2.27. The lowest BCUT2D eigenvalue weighted by molar-refractivity contribution is -0.139. The minimum absolute atomic E-state index is 0.182. The lowest BCUT2D eigenvalue weighted by Crippen LogP contribution is -2.51. The fourth-order valence-corrected chi connectivity index (χ4v) is 3.08. The molecule has 0 aliphatic carbocycles. The van der Waals surface area contributed by atoms with Crippen LogP contribution in [-0.2, 0) is 20.9 Å².